The van der Waals surface area contributed by atoms with Crippen LogP contribution in [-0.2, 0) is 17.6 Å². The molecule has 0 aliphatic carbocycles. The average molecular weight is 555 g/mol. The number of amides is 1. The molecule has 3 aromatic rings. The number of halogens is 3. The molecule has 1 aromatic heterocycles. The number of aromatic amines is 1. The van der Waals surface area contributed by atoms with Crippen molar-refractivity contribution in [2.24, 2.45) is 4.99 Å². The molecule has 0 spiro atoms. The average Bonchev–Trinajstić information content (AvgIpc) is 3.14. The van der Waals surface area contributed by atoms with E-state index < -0.39 is 0 Å². The molecule has 0 fully saturated rings. The minimum Gasteiger partial charge on any atom is -0.361 e. The van der Waals surface area contributed by atoms with Crippen molar-refractivity contribution in [3.8, 4) is 0 Å². The van der Waals surface area contributed by atoms with Gasteiger partial charge in [0.1, 0.15) is 11.6 Å². The second-order valence-electron chi connectivity index (χ2n) is 7.09. The summed E-state index contributed by atoms with van der Waals surface area (Å²) >= 11 is 0. The molecule has 3 rings (SSSR count). The highest BCUT2D eigenvalue weighted by molar-refractivity contribution is 14.0. The second kappa shape index (κ2) is 13.0. The van der Waals surface area contributed by atoms with Crippen molar-refractivity contribution in [3.63, 3.8) is 0 Å². The molecule has 0 aliphatic rings. The van der Waals surface area contributed by atoms with Gasteiger partial charge in [0.05, 0.1) is 6.42 Å². The molecular formula is C23H28F2IN5O. The zero-order valence-electron chi connectivity index (χ0n) is 17.9. The number of guanidine groups is 1. The Hall–Kier alpha value is -2.69. The maximum atomic E-state index is 13.3. The monoisotopic (exact) mass is 555 g/mol. The summed E-state index contributed by atoms with van der Waals surface area (Å²) in [5, 5.41) is 10.2. The van der Waals surface area contributed by atoms with Crippen LogP contribution >= 0.6 is 24.0 Å². The number of nitrogens with one attached hydrogen (secondary N) is 4. The normalized spacial score (nSPS) is 11.2. The molecule has 0 radical (unpaired) electrons. The lowest BCUT2D eigenvalue weighted by atomic mass is 10.1. The molecule has 4 N–H and O–H groups in total. The number of benzene rings is 2. The third-order valence-corrected chi connectivity index (χ3v) is 4.74. The van der Waals surface area contributed by atoms with Crippen LogP contribution < -0.4 is 16.0 Å². The van der Waals surface area contributed by atoms with Crippen LogP contribution in [0.25, 0.3) is 10.9 Å². The van der Waals surface area contributed by atoms with Crippen LogP contribution in [0.5, 0.6) is 0 Å². The van der Waals surface area contributed by atoms with Gasteiger partial charge in [0.2, 0.25) is 5.91 Å². The highest BCUT2D eigenvalue weighted by Gasteiger charge is 2.06. The lowest BCUT2D eigenvalue weighted by Crippen LogP contribution is -2.41. The van der Waals surface area contributed by atoms with Gasteiger partial charge >= 0.3 is 0 Å². The third kappa shape index (κ3) is 7.77. The molecule has 0 saturated heterocycles. The number of nitrogens with zero attached hydrogens (tertiary/aromatic N) is 1. The van der Waals surface area contributed by atoms with E-state index in [2.05, 4.69) is 25.9 Å². The van der Waals surface area contributed by atoms with E-state index in [4.69, 9.17) is 0 Å². The van der Waals surface area contributed by atoms with Crippen LogP contribution in [0.4, 0.5) is 8.78 Å². The first-order valence-corrected chi connectivity index (χ1v) is 10.3. The minimum absolute atomic E-state index is 0. The molecule has 0 unspecified atom stereocenters. The molecule has 172 valence electrons. The summed E-state index contributed by atoms with van der Waals surface area (Å²) in [4.78, 5) is 19.6. The van der Waals surface area contributed by atoms with Gasteiger partial charge < -0.3 is 20.9 Å². The van der Waals surface area contributed by atoms with Gasteiger partial charge in [0.15, 0.2) is 5.96 Å². The summed E-state index contributed by atoms with van der Waals surface area (Å²) in [6.45, 7) is 4.23. The molecule has 1 heterocycles. The van der Waals surface area contributed by atoms with Gasteiger partial charge in [0.25, 0.3) is 0 Å². The largest absolute Gasteiger partial charge is 0.361 e. The molecule has 32 heavy (non-hydrogen) atoms. The van der Waals surface area contributed by atoms with E-state index in [1.54, 1.807) is 18.2 Å². The Kier molecular flexibility index (Phi) is 10.4. The highest BCUT2D eigenvalue weighted by Crippen LogP contribution is 2.19. The maximum Gasteiger partial charge on any atom is 0.224 e. The Morgan fingerprint density at radius 2 is 1.72 bits per heavy atom. The lowest BCUT2D eigenvalue weighted by molar-refractivity contribution is -0.120. The first-order valence-electron chi connectivity index (χ1n) is 10.3. The van der Waals surface area contributed by atoms with Crippen molar-refractivity contribution in [1.82, 2.24) is 20.9 Å². The molecule has 0 atom stereocenters. The highest BCUT2D eigenvalue weighted by atomic mass is 127. The number of H-pyrrole nitrogens is 1. The fraction of sp³-hybridized carbons (Fsp3) is 0.304. The fourth-order valence-electron chi connectivity index (χ4n) is 3.23. The van der Waals surface area contributed by atoms with Crippen molar-refractivity contribution in [3.05, 3.63) is 71.4 Å². The lowest BCUT2D eigenvalue weighted by Gasteiger charge is -2.12. The summed E-state index contributed by atoms with van der Waals surface area (Å²) in [7, 11) is 0. The van der Waals surface area contributed by atoms with Gasteiger partial charge in [-0.3, -0.25) is 9.79 Å². The summed E-state index contributed by atoms with van der Waals surface area (Å²) in [5.41, 5.74) is 2.63. The van der Waals surface area contributed by atoms with E-state index in [1.807, 2.05) is 13.1 Å². The topological polar surface area (TPSA) is 81.3 Å². The van der Waals surface area contributed by atoms with Crippen molar-refractivity contribution < 1.29 is 13.6 Å². The minimum atomic E-state index is -0.317. The number of aromatic nitrogens is 1. The molecule has 6 nitrogen and oxygen atoms in total. The van der Waals surface area contributed by atoms with Crippen LogP contribution in [-0.4, -0.2) is 43.0 Å². The molecule has 0 saturated carbocycles. The second-order valence-corrected chi connectivity index (χ2v) is 7.09. The zero-order valence-corrected chi connectivity index (χ0v) is 20.2. The van der Waals surface area contributed by atoms with Gasteiger partial charge in [-0.2, -0.15) is 0 Å². The van der Waals surface area contributed by atoms with Crippen LogP contribution in [0, 0.1) is 11.6 Å². The van der Waals surface area contributed by atoms with Crippen LogP contribution in [0.3, 0.4) is 0 Å². The summed E-state index contributed by atoms with van der Waals surface area (Å²) in [6.07, 6.45) is 2.82. The first-order chi connectivity index (χ1) is 15.0. The molecule has 9 heteroatoms. The van der Waals surface area contributed by atoms with Gasteiger partial charge in [-0.25, -0.2) is 8.78 Å². The summed E-state index contributed by atoms with van der Waals surface area (Å²) < 4.78 is 26.2. The number of hydrogen-bond acceptors (Lipinski definition) is 2. The SMILES string of the molecule is CCNC(=NCCc1c[nH]c2cc(F)ccc12)NCCNC(=O)Cc1ccc(F)cc1.I. The zero-order chi connectivity index (χ0) is 22.1. The number of carbonyl (C=O) groups is 1. The summed E-state index contributed by atoms with van der Waals surface area (Å²) in [6, 6.07) is 10.6. The van der Waals surface area contributed by atoms with Crippen LogP contribution in [0.1, 0.15) is 18.1 Å². The summed E-state index contributed by atoms with van der Waals surface area (Å²) in [5.74, 6) is -0.0308. The van der Waals surface area contributed by atoms with E-state index in [1.165, 1.54) is 24.3 Å². The fourth-order valence-corrected chi connectivity index (χ4v) is 3.23. The molecule has 0 bridgehead atoms. The van der Waals surface area contributed by atoms with Crippen LogP contribution in [0.15, 0.2) is 53.7 Å². The van der Waals surface area contributed by atoms with Crippen LogP contribution in [0.2, 0.25) is 0 Å². The number of carbonyl (C=O) groups excluding carboxylic acids is 1. The standard InChI is InChI=1S/C23H27F2N5O.HI/c1-2-26-23(28-10-9-17-15-30-21-14-19(25)7-8-20(17)21)29-12-11-27-22(31)13-16-3-5-18(24)6-4-16;/h3-8,14-15,30H,2,9-13H2,1H3,(H,27,31)(H2,26,28,29);1H. The Morgan fingerprint density at radius 3 is 2.47 bits per heavy atom. The number of fused-ring (bicyclic) bond motifs is 1. The van der Waals surface area contributed by atoms with Gasteiger partial charge in [-0.15, -0.1) is 24.0 Å². The van der Waals surface area contributed by atoms with Crippen molar-refractivity contribution >= 4 is 46.7 Å². The molecule has 2 aromatic carbocycles. The van der Waals surface area contributed by atoms with E-state index in [9.17, 15) is 13.6 Å². The Labute approximate surface area is 203 Å². The number of rotatable bonds is 9. The Bertz CT molecular complexity index is 1040. The smallest absolute Gasteiger partial charge is 0.224 e. The third-order valence-electron chi connectivity index (χ3n) is 4.74. The predicted octanol–water partition coefficient (Wildman–Crippen LogP) is 3.52. The number of hydrogen-bond donors (Lipinski definition) is 4. The number of aliphatic imine (C=N–C) groups is 1. The quantitative estimate of drug-likeness (QED) is 0.141. The van der Waals surface area contributed by atoms with E-state index in [0.717, 1.165) is 35.0 Å². The van der Waals surface area contributed by atoms with E-state index in [-0.39, 0.29) is 47.9 Å². The van der Waals surface area contributed by atoms with Gasteiger partial charge in [-0.1, -0.05) is 12.1 Å². The molecule has 0 aliphatic heterocycles. The van der Waals surface area contributed by atoms with E-state index >= 15 is 0 Å². The van der Waals surface area contributed by atoms with Crippen molar-refractivity contribution in [2.75, 3.05) is 26.2 Å². The molecule has 1 amide bonds. The maximum absolute atomic E-state index is 13.3. The Morgan fingerprint density at radius 1 is 1.00 bits per heavy atom. The predicted molar refractivity (Wildman–Crippen MR) is 134 cm³/mol. The Balaban J connectivity index is 0.00000363. The molecular weight excluding hydrogens is 527 g/mol. The van der Waals surface area contributed by atoms with Crippen molar-refractivity contribution in [2.45, 2.75) is 19.8 Å². The van der Waals surface area contributed by atoms with Gasteiger partial charge in [-0.05, 0) is 54.8 Å². The van der Waals surface area contributed by atoms with Gasteiger partial charge in [0, 0.05) is 43.3 Å². The first kappa shape index (κ1) is 25.6. The van der Waals surface area contributed by atoms with E-state index in [0.29, 0.717) is 25.6 Å². The van der Waals surface area contributed by atoms with Crippen molar-refractivity contribution in [1.29, 1.82) is 0 Å².